The summed E-state index contributed by atoms with van der Waals surface area (Å²) in [6, 6.07) is 6.90. The predicted molar refractivity (Wildman–Crippen MR) is 68.0 cm³/mol. The predicted octanol–water partition coefficient (Wildman–Crippen LogP) is 2.46. The molecule has 0 saturated heterocycles. The lowest BCUT2D eigenvalue weighted by Gasteiger charge is -2.29. The highest BCUT2D eigenvalue weighted by Gasteiger charge is 2.19. The summed E-state index contributed by atoms with van der Waals surface area (Å²) in [5.74, 6) is 0.221. The van der Waals surface area contributed by atoms with Crippen molar-refractivity contribution < 1.29 is 9.90 Å². The number of rotatable bonds is 3. The van der Waals surface area contributed by atoms with E-state index in [0.717, 1.165) is 5.56 Å². The SMILES string of the molecule is CCN(C)C(=O)N(C)C(C)c1cccc(O)c1. The molecule has 94 valence electrons. The highest BCUT2D eigenvalue weighted by atomic mass is 16.3. The minimum atomic E-state index is -0.0661. The fraction of sp³-hybridized carbons (Fsp3) is 0.462. The molecule has 4 nitrogen and oxygen atoms in total. The molecule has 0 aliphatic rings. The number of hydrogen-bond donors (Lipinski definition) is 1. The quantitative estimate of drug-likeness (QED) is 0.876. The van der Waals surface area contributed by atoms with Gasteiger partial charge in [-0.1, -0.05) is 12.1 Å². The van der Waals surface area contributed by atoms with Crippen LogP contribution < -0.4 is 0 Å². The molecule has 1 rings (SSSR count). The van der Waals surface area contributed by atoms with Gasteiger partial charge in [0.2, 0.25) is 0 Å². The molecule has 1 N–H and O–H groups in total. The summed E-state index contributed by atoms with van der Waals surface area (Å²) in [6.07, 6.45) is 0. The Morgan fingerprint density at radius 1 is 1.41 bits per heavy atom. The van der Waals surface area contributed by atoms with E-state index >= 15 is 0 Å². The normalized spacial score (nSPS) is 12.0. The zero-order valence-electron chi connectivity index (χ0n) is 10.8. The van der Waals surface area contributed by atoms with Crippen molar-refractivity contribution in [2.24, 2.45) is 0 Å². The van der Waals surface area contributed by atoms with Crippen LogP contribution in [0.25, 0.3) is 0 Å². The third-order valence-electron chi connectivity index (χ3n) is 3.04. The molecule has 0 radical (unpaired) electrons. The first kappa shape index (κ1) is 13.4. The number of nitrogens with zero attached hydrogens (tertiary/aromatic N) is 2. The number of carbonyl (C=O) groups is 1. The van der Waals surface area contributed by atoms with Gasteiger partial charge in [0.15, 0.2) is 0 Å². The molecule has 1 aromatic rings. The van der Waals surface area contributed by atoms with E-state index in [9.17, 15) is 9.90 Å². The maximum absolute atomic E-state index is 12.0. The molecular formula is C13H20N2O2. The van der Waals surface area contributed by atoms with Gasteiger partial charge in [0.05, 0.1) is 6.04 Å². The van der Waals surface area contributed by atoms with E-state index < -0.39 is 0 Å². The van der Waals surface area contributed by atoms with Gasteiger partial charge in [0.1, 0.15) is 5.75 Å². The summed E-state index contributed by atoms with van der Waals surface area (Å²) >= 11 is 0. The van der Waals surface area contributed by atoms with Crippen molar-refractivity contribution in [3.05, 3.63) is 29.8 Å². The lowest BCUT2D eigenvalue weighted by Crippen LogP contribution is -2.39. The molecule has 0 spiro atoms. The van der Waals surface area contributed by atoms with Gasteiger partial charge in [-0.05, 0) is 31.5 Å². The van der Waals surface area contributed by atoms with Crippen molar-refractivity contribution in [1.29, 1.82) is 0 Å². The second kappa shape index (κ2) is 5.57. The molecule has 1 unspecified atom stereocenters. The molecule has 0 heterocycles. The van der Waals surface area contributed by atoms with Gasteiger partial charge in [-0.2, -0.15) is 0 Å². The third-order valence-corrected chi connectivity index (χ3v) is 3.04. The topological polar surface area (TPSA) is 43.8 Å². The van der Waals surface area contributed by atoms with E-state index in [1.807, 2.05) is 19.9 Å². The summed E-state index contributed by atoms with van der Waals surface area (Å²) in [6.45, 7) is 4.55. The fourth-order valence-electron chi connectivity index (χ4n) is 1.58. The molecule has 0 aliphatic heterocycles. The molecule has 0 aromatic heterocycles. The van der Waals surface area contributed by atoms with Crippen molar-refractivity contribution in [2.75, 3.05) is 20.6 Å². The lowest BCUT2D eigenvalue weighted by atomic mass is 10.1. The maximum atomic E-state index is 12.0. The molecule has 2 amide bonds. The second-order valence-corrected chi connectivity index (χ2v) is 4.18. The highest BCUT2D eigenvalue weighted by Crippen LogP contribution is 2.22. The van der Waals surface area contributed by atoms with E-state index in [-0.39, 0.29) is 17.8 Å². The largest absolute Gasteiger partial charge is 0.508 e. The number of aromatic hydroxyl groups is 1. The average molecular weight is 236 g/mol. The van der Waals surface area contributed by atoms with E-state index in [1.54, 1.807) is 42.1 Å². The van der Waals surface area contributed by atoms with E-state index in [0.29, 0.717) is 6.54 Å². The van der Waals surface area contributed by atoms with Gasteiger partial charge < -0.3 is 14.9 Å². The maximum Gasteiger partial charge on any atom is 0.319 e. The Kier molecular flexibility index (Phi) is 4.37. The van der Waals surface area contributed by atoms with E-state index in [2.05, 4.69) is 0 Å². The number of phenols is 1. The first-order valence-electron chi connectivity index (χ1n) is 5.74. The van der Waals surface area contributed by atoms with Crippen molar-refractivity contribution in [1.82, 2.24) is 9.80 Å². The molecular weight excluding hydrogens is 216 g/mol. The summed E-state index contributed by atoms with van der Waals surface area (Å²) in [5.41, 5.74) is 0.922. The number of carbonyl (C=O) groups excluding carboxylic acids is 1. The third kappa shape index (κ3) is 3.12. The van der Waals surface area contributed by atoms with Crippen LogP contribution in [0.2, 0.25) is 0 Å². The van der Waals surface area contributed by atoms with Crippen molar-refractivity contribution in [2.45, 2.75) is 19.9 Å². The second-order valence-electron chi connectivity index (χ2n) is 4.18. The van der Waals surface area contributed by atoms with Crippen molar-refractivity contribution in [3.63, 3.8) is 0 Å². The van der Waals surface area contributed by atoms with Gasteiger partial charge in [0.25, 0.3) is 0 Å². The lowest BCUT2D eigenvalue weighted by molar-refractivity contribution is 0.161. The summed E-state index contributed by atoms with van der Waals surface area (Å²) in [4.78, 5) is 15.3. The van der Waals surface area contributed by atoms with Crippen LogP contribution in [0, 0.1) is 0 Å². The zero-order chi connectivity index (χ0) is 13.0. The minimum Gasteiger partial charge on any atom is -0.508 e. The van der Waals surface area contributed by atoms with Crippen LogP contribution in [0.3, 0.4) is 0 Å². The molecule has 0 aliphatic carbocycles. The molecule has 0 fully saturated rings. The smallest absolute Gasteiger partial charge is 0.319 e. The van der Waals surface area contributed by atoms with Crippen molar-refractivity contribution in [3.8, 4) is 5.75 Å². The monoisotopic (exact) mass is 236 g/mol. The summed E-state index contributed by atoms with van der Waals surface area (Å²) in [5, 5.41) is 9.42. The molecule has 4 heteroatoms. The van der Waals surface area contributed by atoms with Crippen LogP contribution >= 0.6 is 0 Å². The van der Waals surface area contributed by atoms with Gasteiger partial charge in [-0.3, -0.25) is 0 Å². The number of benzene rings is 1. The van der Waals surface area contributed by atoms with Crippen LogP contribution in [0.4, 0.5) is 4.79 Å². The summed E-state index contributed by atoms with van der Waals surface area (Å²) in [7, 11) is 3.54. The molecule has 0 bridgehead atoms. The fourth-order valence-corrected chi connectivity index (χ4v) is 1.58. The molecule has 0 saturated carbocycles. The standard InChI is InChI=1S/C13H20N2O2/c1-5-14(3)13(17)15(4)10(2)11-7-6-8-12(16)9-11/h6-10,16H,5H2,1-4H3. The van der Waals surface area contributed by atoms with Crippen LogP contribution in [-0.4, -0.2) is 41.6 Å². The number of urea groups is 1. The number of amides is 2. The zero-order valence-corrected chi connectivity index (χ0v) is 10.8. The Labute approximate surface area is 102 Å². The van der Waals surface area contributed by atoms with Crippen LogP contribution in [0.5, 0.6) is 5.75 Å². The first-order valence-corrected chi connectivity index (χ1v) is 5.74. The number of hydrogen-bond acceptors (Lipinski definition) is 2. The molecule has 17 heavy (non-hydrogen) atoms. The average Bonchev–Trinajstić information content (AvgIpc) is 2.35. The number of phenolic OH excluding ortho intramolecular Hbond substituents is 1. The minimum absolute atomic E-state index is 0.0247. The Hall–Kier alpha value is -1.71. The van der Waals surface area contributed by atoms with Gasteiger partial charge >= 0.3 is 6.03 Å². The van der Waals surface area contributed by atoms with Crippen molar-refractivity contribution >= 4 is 6.03 Å². The van der Waals surface area contributed by atoms with Crippen LogP contribution in [0.1, 0.15) is 25.5 Å². The van der Waals surface area contributed by atoms with E-state index in [1.165, 1.54) is 0 Å². The van der Waals surface area contributed by atoms with Crippen LogP contribution in [0.15, 0.2) is 24.3 Å². The first-order chi connectivity index (χ1) is 7.97. The molecule has 1 atom stereocenters. The van der Waals surface area contributed by atoms with Crippen LogP contribution in [-0.2, 0) is 0 Å². The Balaban J connectivity index is 2.82. The highest BCUT2D eigenvalue weighted by molar-refractivity contribution is 5.74. The van der Waals surface area contributed by atoms with Gasteiger partial charge in [0, 0.05) is 20.6 Å². The Morgan fingerprint density at radius 3 is 2.59 bits per heavy atom. The molecule has 1 aromatic carbocycles. The Bertz CT molecular complexity index is 393. The van der Waals surface area contributed by atoms with E-state index in [4.69, 9.17) is 0 Å². The van der Waals surface area contributed by atoms with Gasteiger partial charge in [-0.15, -0.1) is 0 Å². The Morgan fingerprint density at radius 2 is 2.06 bits per heavy atom. The summed E-state index contributed by atoms with van der Waals surface area (Å²) < 4.78 is 0. The van der Waals surface area contributed by atoms with Gasteiger partial charge in [-0.25, -0.2) is 4.79 Å².